The van der Waals surface area contributed by atoms with Crippen LogP contribution in [0.2, 0.25) is 0 Å². The van der Waals surface area contributed by atoms with Gasteiger partial charge in [0.25, 0.3) is 0 Å². The zero-order valence-corrected chi connectivity index (χ0v) is 10.9. The minimum absolute atomic E-state index is 0.0799. The molecule has 0 radical (unpaired) electrons. The molecule has 2 aromatic rings. The molecule has 20 heavy (non-hydrogen) atoms. The van der Waals surface area contributed by atoms with Gasteiger partial charge in [0.2, 0.25) is 5.82 Å². The Balaban J connectivity index is 2.01. The second-order valence-electron chi connectivity index (χ2n) is 4.43. The number of aromatic nitrogens is 1. The molecule has 6 heteroatoms. The lowest BCUT2D eigenvalue weighted by molar-refractivity contribution is -0.387. The third kappa shape index (κ3) is 3.36. The summed E-state index contributed by atoms with van der Waals surface area (Å²) in [4.78, 5) is 13.7. The van der Waals surface area contributed by atoms with Crippen LogP contribution >= 0.6 is 0 Å². The van der Waals surface area contributed by atoms with Crippen molar-refractivity contribution >= 4 is 5.69 Å². The maximum absolute atomic E-state index is 13.5. The smallest absolute Gasteiger partial charge is 0.304 e. The zero-order valence-electron chi connectivity index (χ0n) is 10.9. The zero-order chi connectivity index (χ0) is 14.5. The van der Waals surface area contributed by atoms with Gasteiger partial charge in [-0.2, -0.15) is 4.39 Å². The Bertz CT molecular complexity index is 605. The molecule has 0 fully saturated rings. The van der Waals surface area contributed by atoms with Crippen molar-refractivity contribution in [1.82, 2.24) is 10.3 Å². The summed E-state index contributed by atoms with van der Waals surface area (Å²) in [5.74, 6) is -0.814. The summed E-state index contributed by atoms with van der Waals surface area (Å²) < 4.78 is 13.5. The van der Waals surface area contributed by atoms with Crippen LogP contribution in [0.5, 0.6) is 0 Å². The number of halogens is 1. The van der Waals surface area contributed by atoms with E-state index in [-0.39, 0.29) is 6.04 Å². The molecule has 0 aliphatic carbocycles. The maximum Gasteiger partial charge on any atom is 0.304 e. The molecule has 0 spiro atoms. The molecule has 0 saturated carbocycles. The Kier molecular flexibility index (Phi) is 4.37. The van der Waals surface area contributed by atoms with Gasteiger partial charge in [0.05, 0.1) is 4.92 Å². The Morgan fingerprint density at radius 2 is 2.05 bits per heavy atom. The first-order chi connectivity index (χ1) is 9.58. The van der Waals surface area contributed by atoms with Crippen LogP contribution in [0, 0.1) is 15.9 Å². The summed E-state index contributed by atoms with van der Waals surface area (Å²) in [6.07, 6.45) is 3.41. The number of nitrogens with one attached hydrogen (secondary N) is 1. The van der Waals surface area contributed by atoms with Gasteiger partial charge in [0.15, 0.2) is 0 Å². The molecular formula is C14H14FN3O2. The molecule has 0 aliphatic rings. The quantitative estimate of drug-likeness (QED) is 0.672. The highest BCUT2D eigenvalue weighted by Crippen LogP contribution is 2.18. The minimum atomic E-state index is -0.814. The van der Waals surface area contributed by atoms with E-state index in [9.17, 15) is 14.5 Å². The van der Waals surface area contributed by atoms with Gasteiger partial charge in [-0.1, -0.05) is 6.07 Å². The fraction of sp³-hybridized carbons (Fsp3) is 0.214. The molecular weight excluding hydrogens is 261 g/mol. The van der Waals surface area contributed by atoms with Crippen molar-refractivity contribution in [2.24, 2.45) is 0 Å². The van der Waals surface area contributed by atoms with E-state index in [0.717, 1.165) is 5.56 Å². The van der Waals surface area contributed by atoms with Gasteiger partial charge in [0, 0.05) is 31.0 Å². The van der Waals surface area contributed by atoms with E-state index in [4.69, 9.17) is 0 Å². The molecule has 1 aromatic heterocycles. The van der Waals surface area contributed by atoms with E-state index in [1.807, 2.05) is 19.1 Å². The average Bonchev–Trinajstić information content (AvgIpc) is 2.45. The molecule has 5 nitrogen and oxygen atoms in total. The van der Waals surface area contributed by atoms with Crippen molar-refractivity contribution < 1.29 is 9.31 Å². The summed E-state index contributed by atoms with van der Waals surface area (Å²) in [7, 11) is 0. The number of pyridine rings is 1. The van der Waals surface area contributed by atoms with Gasteiger partial charge in [-0.3, -0.25) is 15.1 Å². The lowest BCUT2D eigenvalue weighted by Crippen LogP contribution is -2.18. The number of rotatable bonds is 5. The molecule has 0 bridgehead atoms. The first-order valence-electron chi connectivity index (χ1n) is 6.14. The third-order valence-electron chi connectivity index (χ3n) is 3.03. The molecule has 1 aromatic carbocycles. The summed E-state index contributed by atoms with van der Waals surface area (Å²) in [5.41, 5.74) is 1.23. The molecule has 2 rings (SSSR count). The molecule has 1 heterocycles. The van der Waals surface area contributed by atoms with Crippen molar-refractivity contribution in [3.8, 4) is 0 Å². The minimum Gasteiger partial charge on any atom is -0.306 e. The molecule has 0 unspecified atom stereocenters. The summed E-state index contributed by atoms with van der Waals surface area (Å²) in [6, 6.07) is 7.79. The summed E-state index contributed by atoms with van der Waals surface area (Å²) in [6.45, 7) is 2.41. The monoisotopic (exact) mass is 275 g/mol. The second kappa shape index (κ2) is 6.21. The summed E-state index contributed by atoms with van der Waals surface area (Å²) >= 11 is 0. The number of nitrogens with zero attached hydrogens (tertiary/aromatic N) is 2. The van der Waals surface area contributed by atoms with E-state index >= 15 is 0 Å². The Morgan fingerprint density at radius 3 is 2.65 bits per heavy atom. The second-order valence-corrected chi connectivity index (χ2v) is 4.43. The SMILES string of the molecule is C[C@H](NCc1ccc([N+](=O)[O-])c(F)c1)c1ccncc1. The van der Waals surface area contributed by atoms with Gasteiger partial charge in [-0.25, -0.2) is 0 Å². The lowest BCUT2D eigenvalue weighted by Gasteiger charge is -2.14. The largest absolute Gasteiger partial charge is 0.306 e. The van der Waals surface area contributed by atoms with E-state index in [0.29, 0.717) is 12.1 Å². The molecule has 1 N–H and O–H groups in total. The highest BCUT2D eigenvalue weighted by atomic mass is 19.1. The third-order valence-corrected chi connectivity index (χ3v) is 3.03. The van der Waals surface area contributed by atoms with Crippen LogP contribution in [-0.4, -0.2) is 9.91 Å². The highest BCUT2D eigenvalue weighted by molar-refractivity contribution is 5.35. The van der Waals surface area contributed by atoms with Gasteiger partial charge in [-0.05, 0) is 36.2 Å². The van der Waals surface area contributed by atoms with Crippen molar-refractivity contribution in [1.29, 1.82) is 0 Å². The molecule has 0 amide bonds. The first kappa shape index (κ1) is 14.1. The Hall–Kier alpha value is -2.34. The van der Waals surface area contributed by atoms with E-state index < -0.39 is 16.4 Å². The van der Waals surface area contributed by atoms with E-state index in [1.165, 1.54) is 12.1 Å². The Morgan fingerprint density at radius 1 is 1.35 bits per heavy atom. The molecule has 0 saturated heterocycles. The highest BCUT2D eigenvalue weighted by Gasteiger charge is 2.14. The summed E-state index contributed by atoms with van der Waals surface area (Å²) in [5, 5.41) is 13.8. The van der Waals surface area contributed by atoms with Crippen LogP contribution < -0.4 is 5.32 Å². The molecule has 104 valence electrons. The maximum atomic E-state index is 13.5. The molecule has 1 atom stereocenters. The van der Waals surface area contributed by atoms with Gasteiger partial charge >= 0.3 is 5.69 Å². The average molecular weight is 275 g/mol. The number of nitro benzene ring substituents is 1. The van der Waals surface area contributed by atoms with Crippen LogP contribution in [-0.2, 0) is 6.54 Å². The standard InChI is InChI=1S/C14H14FN3O2/c1-10(12-4-6-16-7-5-12)17-9-11-2-3-14(18(19)20)13(15)8-11/h2-8,10,17H,9H2,1H3/t10-/m0/s1. The van der Waals surface area contributed by atoms with Crippen LogP contribution in [0.3, 0.4) is 0 Å². The van der Waals surface area contributed by atoms with Crippen LogP contribution in [0.4, 0.5) is 10.1 Å². The molecule has 0 aliphatic heterocycles. The number of hydrogen-bond donors (Lipinski definition) is 1. The predicted octanol–water partition coefficient (Wildman–Crippen LogP) is 2.98. The van der Waals surface area contributed by atoms with Crippen molar-refractivity contribution in [3.63, 3.8) is 0 Å². The van der Waals surface area contributed by atoms with Crippen molar-refractivity contribution in [2.45, 2.75) is 19.5 Å². The van der Waals surface area contributed by atoms with Gasteiger partial charge in [0.1, 0.15) is 0 Å². The fourth-order valence-corrected chi connectivity index (χ4v) is 1.85. The van der Waals surface area contributed by atoms with Crippen LogP contribution in [0.1, 0.15) is 24.1 Å². The number of nitro groups is 1. The number of hydrogen-bond acceptors (Lipinski definition) is 4. The normalized spacial score (nSPS) is 12.1. The van der Waals surface area contributed by atoms with Crippen molar-refractivity contribution in [2.75, 3.05) is 0 Å². The van der Waals surface area contributed by atoms with Gasteiger partial charge < -0.3 is 5.32 Å². The fourth-order valence-electron chi connectivity index (χ4n) is 1.85. The van der Waals surface area contributed by atoms with Crippen molar-refractivity contribution in [3.05, 3.63) is 69.8 Å². The number of benzene rings is 1. The Labute approximate surface area is 115 Å². The van der Waals surface area contributed by atoms with Crippen LogP contribution in [0.25, 0.3) is 0 Å². The predicted molar refractivity (Wildman–Crippen MR) is 72.5 cm³/mol. The topological polar surface area (TPSA) is 68.1 Å². The first-order valence-corrected chi connectivity index (χ1v) is 6.14. The van der Waals surface area contributed by atoms with E-state index in [1.54, 1.807) is 18.5 Å². The van der Waals surface area contributed by atoms with E-state index in [2.05, 4.69) is 10.3 Å². The lowest BCUT2D eigenvalue weighted by atomic mass is 10.1. The van der Waals surface area contributed by atoms with Gasteiger partial charge in [-0.15, -0.1) is 0 Å². The van der Waals surface area contributed by atoms with Crippen LogP contribution in [0.15, 0.2) is 42.7 Å².